The number of halogens is 4. The monoisotopic (exact) mass is 284 g/mol. The van der Waals surface area contributed by atoms with E-state index in [0.29, 0.717) is 0 Å². The SMILES string of the molecule is O=C(O)Cn1cc(CNC(=O)C(F)(F)C(F)F)nn1. The minimum Gasteiger partial charge on any atom is -0.480 e. The third-order valence-electron chi connectivity index (χ3n) is 1.89. The first-order valence-electron chi connectivity index (χ1n) is 4.78. The number of aliphatic carboxylic acids is 1. The molecule has 0 saturated carbocycles. The molecule has 0 aliphatic rings. The van der Waals surface area contributed by atoms with E-state index < -0.39 is 37.3 Å². The van der Waals surface area contributed by atoms with Crippen LogP contribution in [0.5, 0.6) is 0 Å². The van der Waals surface area contributed by atoms with Crippen molar-refractivity contribution >= 4 is 11.9 Å². The van der Waals surface area contributed by atoms with E-state index in [1.165, 1.54) is 0 Å². The summed E-state index contributed by atoms with van der Waals surface area (Å²) in [5.74, 6) is -8.14. The maximum absolute atomic E-state index is 12.5. The molecule has 0 aliphatic carbocycles. The highest BCUT2D eigenvalue weighted by Crippen LogP contribution is 2.22. The molecule has 0 aliphatic heterocycles. The van der Waals surface area contributed by atoms with Crippen LogP contribution in [0.25, 0.3) is 0 Å². The lowest BCUT2D eigenvalue weighted by Gasteiger charge is -2.13. The molecule has 11 heteroatoms. The maximum atomic E-state index is 12.5. The maximum Gasteiger partial charge on any atom is 0.383 e. The molecule has 0 bridgehead atoms. The Morgan fingerprint density at radius 2 is 2.11 bits per heavy atom. The minimum atomic E-state index is -4.79. The first kappa shape index (κ1) is 14.9. The van der Waals surface area contributed by atoms with E-state index in [4.69, 9.17) is 5.11 Å². The van der Waals surface area contributed by atoms with Gasteiger partial charge in [-0.3, -0.25) is 9.59 Å². The molecular weight excluding hydrogens is 276 g/mol. The largest absolute Gasteiger partial charge is 0.480 e. The van der Waals surface area contributed by atoms with Crippen molar-refractivity contribution < 1.29 is 32.3 Å². The fraction of sp³-hybridized carbons (Fsp3) is 0.500. The average Bonchev–Trinajstić information content (AvgIpc) is 2.72. The summed E-state index contributed by atoms with van der Waals surface area (Å²) in [6, 6.07) is 0. The highest BCUT2D eigenvalue weighted by Gasteiger charge is 2.48. The Morgan fingerprint density at radius 1 is 1.47 bits per heavy atom. The predicted molar refractivity (Wildman–Crippen MR) is 50.5 cm³/mol. The normalized spacial score (nSPS) is 11.6. The van der Waals surface area contributed by atoms with Crippen molar-refractivity contribution in [2.45, 2.75) is 25.4 Å². The zero-order valence-corrected chi connectivity index (χ0v) is 9.19. The summed E-state index contributed by atoms with van der Waals surface area (Å²) in [6.07, 6.45) is -3.04. The lowest BCUT2D eigenvalue weighted by Crippen LogP contribution is -2.44. The number of aromatic nitrogens is 3. The third kappa shape index (κ3) is 3.89. The van der Waals surface area contributed by atoms with Gasteiger partial charge in [0.2, 0.25) is 0 Å². The Kier molecular flexibility index (Phi) is 4.40. The van der Waals surface area contributed by atoms with Gasteiger partial charge in [0.25, 0.3) is 5.91 Å². The summed E-state index contributed by atoms with van der Waals surface area (Å²) in [5.41, 5.74) is -0.0420. The summed E-state index contributed by atoms with van der Waals surface area (Å²) in [4.78, 5) is 21.1. The van der Waals surface area contributed by atoms with E-state index in [1.807, 2.05) is 0 Å². The standard InChI is InChI=1S/C8H8F4N4O3/c9-6(10)8(11,12)7(19)13-1-4-2-16(15-14-4)3-5(17)18/h2,6H,1,3H2,(H,13,19)(H,17,18). The first-order valence-corrected chi connectivity index (χ1v) is 4.78. The molecule has 0 atom stereocenters. The molecule has 19 heavy (non-hydrogen) atoms. The molecule has 0 saturated heterocycles. The molecule has 1 heterocycles. The second-order valence-electron chi connectivity index (χ2n) is 3.41. The van der Waals surface area contributed by atoms with E-state index >= 15 is 0 Å². The minimum absolute atomic E-state index is 0.0420. The van der Waals surface area contributed by atoms with Crippen LogP contribution in [0.15, 0.2) is 6.20 Å². The van der Waals surface area contributed by atoms with Gasteiger partial charge in [-0.15, -0.1) is 5.10 Å². The van der Waals surface area contributed by atoms with Crippen molar-refractivity contribution in [3.63, 3.8) is 0 Å². The van der Waals surface area contributed by atoms with Gasteiger partial charge in [0, 0.05) is 0 Å². The van der Waals surface area contributed by atoms with Crippen molar-refractivity contribution in [3.05, 3.63) is 11.9 Å². The van der Waals surface area contributed by atoms with Crippen LogP contribution >= 0.6 is 0 Å². The number of amides is 1. The first-order chi connectivity index (χ1) is 8.73. The molecule has 0 aromatic carbocycles. The number of rotatable bonds is 6. The van der Waals surface area contributed by atoms with Gasteiger partial charge in [-0.05, 0) is 0 Å². The molecule has 1 aromatic rings. The second kappa shape index (κ2) is 5.63. The van der Waals surface area contributed by atoms with E-state index in [1.54, 1.807) is 5.32 Å². The van der Waals surface area contributed by atoms with Crippen LogP contribution in [0, 0.1) is 0 Å². The van der Waals surface area contributed by atoms with Gasteiger partial charge in [0.05, 0.1) is 12.7 Å². The van der Waals surface area contributed by atoms with Crippen molar-refractivity contribution in [1.82, 2.24) is 20.3 Å². The molecule has 0 radical (unpaired) electrons. The Labute approximate surface area is 103 Å². The zero-order chi connectivity index (χ0) is 14.6. The highest BCUT2D eigenvalue weighted by molar-refractivity contribution is 5.83. The Balaban J connectivity index is 2.55. The number of carbonyl (C=O) groups excluding carboxylic acids is 1. The quantitative estimate of drug-likeness (QED) is 0.710. The molecule has 1 amide bonds. The topological polar surface area (TPSA) is 97.1 Å². The van der Waals surface area contributed by atoms with Crippen LogP contribution in [-0.2, 0) is 22.7 Å². The van der Waals surface area contributed by atoms with E-state index in [2.05, 4.69) is 10.3 Å². The van der Waals surface area contributed by atoms with Crippen LogP contribution in [-0.4, -0.2) is 44.3 Å². The molecule has 106 valence electrons. The van der Waals surface area contributed by atoms with Crippen LogP contribution in [0.2, 0.25) is 0 Å². The number of hydrogen-bond acceptors (Lipinski definition) is 4. The van der Waals surface area contributed by atoms with Gasteiger partial charge in [-0.25, -0.2) is 13.5 Å². The Hall–Kier alpha value is -2.20. The fourth-order valence-electron chi connectivity index (χ4n) is 1.02. The third-order valence-corrected chi connectivity index (χ3v) is 1.89. The van der Waals surface area contributed by atoms with Gasteiger partial charge < -0.3 is 10.4 Å². The lowest BCUT2D eigenvalue weighted by atomic mass is 10.3. The molecular formula is C8H8F4N4O3. The van der Waals surface area contributed by atoms with Gasteiger partial charge in [-0.2, -0.15) is 8.78 Å². The van der Waals surface area contributed by atoms with Gasteiger partial charge in [0.1, 0.15) is 12.2 Å². The summed E-state index contributed by atoms with van der Waals surface area (Å²) < 4.78 is 49.6. The summed E-state index contributed by atoms with van der Waals surface area (Å²) in [7, 11) is 0. The fourth-order valence-corrected chi connectivity index (χ4v) is 1.02. The number of nitrogens with zero attached hydrogens (tertiary/aromatic N) is 3. The number of carboxylic acid groups (broad SMARTS) is 1. The van der Waals surface area contributed by atoms with Crippen LogP contribution in [0.1, 0.15) is 5.69 Å². The zero-order valence-electron chi connectivity index (χ0n) is 9.19. The van der Waals surface area contributed by atoms with Crippen LogP contribution in [0.3, 0.4) is 0 Å². The molecule has 1 aromatic heterocycles. The van der Waals surface area contributed by atoms with Gasteiger partial charge >= 0.3 is 18.3 Å². The van der Waals surface area contributed by atoms with Crippen molar-refractivity contribution in [2.24, 2.45) is 0 Å². The van der Waals surface area contributed by atoms with E-state index in [-0.39, 0.29) is 5.69 Å². The number of nitrogens with one attached hydrogen (secondary N) is 1. The Morgan fingerprint density at radius 3 is 2.63 bits per heavy atom. The van der Waals surface area contributed by atoms with Crippen molar-refractivity contribution in [2.75, 3.05) is 0 Å². The molecule has 0 unspecified atom stereocenters. The molecule has 7 nitrogen and oxygen atoms in total. The second-order valence-corrected chi connectivity index (χ2v) is 3.41. The average molecular weight is 284 g/mol. The van der Waals surface area contributed by atoms with Crippen molar-refractivity contribution in [1.29, 1.82) is 0 Å². The molecule has 0 spiro atoms. The smallest absolute Gasteiger partial charge is 0.383 e. The number of alkyl halides is 4. The number of hydrogen-bond donors (Lipinski definition) is 2. The van der Waals surface area contributed by atoms with Crippen LogP contribution in [0.4, 0.5) is 17.6 Å². The summed E-state index contributed by atoms with van der Waals surface area (Å²) in [5, 5.41) is 16.7. The number of carbonyl (C=O) groups is 2. The molecule has 1 rings (SSSR count). The van der Waals surface area contributed by atoms with Crippen molar-refractivity contribution in [3.8, 4) is 0 Å². The Bertz CT molecular complexity index is 476. The number of carboxylic acids is 1. The molecule has 0 fully saturated rings. The summed E-state index contributed by atoms with van der Waals surface area (Å²) in [6.45, 7) is -1.07. The van der Waals surface area contributed by atoms with E-state index in [9.17, 15) is 27.2 Å². The predicted octanol–water partition coefficient (Wildman–Crippen LogP) is -0.121. The highest BCUT2D eigenvalue weighted by atomic mass is 19.3. The van der Waals surface area contributed by atoms with Gasteiger partial charge in [0.15, 0.2) is 0 Å². The summed E-state index contributed by atoms with van der Waals surface area (Å²) >= 11 is 0. The van der Waals surface area contributed by atoms with E-state index in [0.717, 1.165) is 10.9 Å². The molecule has 2 N–H and O–H groups in total. The van der Waals surface area contributed by atoms with Gasteiger partial charge in [-0.1, -0.05) is 5.21 Å². The lowest BCUT2D eigenvalue weighted by molar-refractivity contribution is -0.169. The van der Waals surface area contributed by atoms with Crippen LogP contribution < -0.4 is 5.32 Å².